The highest BCUT2D eigenvalue weighted by Gasteiger charge is 2.09. The molecule has 2 rings (SSSR count). The summed E-state index contributed by atoms with van der Waals surface area (Å²) in [6.07, 6.45) is 2.96. The topological polar surface area (TPSA) is 80.9 Å². The van der Waals surface area contributed by atoms with E-state index in [0.29, 0.717) is 5.03 Å². The molecule has 0 aliphatic heterocycles. The van der Waals surface area contributed by atoms with Crippen LogP contribution in [-0.4, -0.2) is 21.6 Å². The number of anilines is 2. The summed E-state index contributed by atoms with van der Waals surface area (Å²) in [5, 5.41) is 2.95. The van der Waals surface area contributed by atoms with Crippen molar-refractivity contribution in [3.8, 4) is 0 Å². The van der Waals surface area contributed by atoms with Crippen LogP contribution in [0, 0.1) is 5.82 Å². The maximum atomic E-state index is 13.3. The monoisotopic (exact) mass is 278 g/mol. The quantitative estimate of drug-likeness (QED) is 0.835. The second-order valence-electron chi connectivity index (χ2n) is 3.56. The zero-order valence-electron chi connectivity index (χ0n) is 9.84. The van der Waals surface area contributed by atoms with Crippen LogP contribution in [0.25, 0.3) is 0 Å². The van der Waals surface area contributed by atoms with Crippen molar-refractivity contribution in [2.75, 3.05) is 16.8 Å². The normalized spacial score (nSPS) is 10.2. The zero-order valence-corrected chi connectivity index (χ0v) is 10.7. The third kappa shape index (κ3) is 3.65. The molecule has 0 aliphatic rings. The van der Waals surface area contributed by atoms with E-state index in [2.05, 4.69) is 15.3 Å². The Labute approximate surface area is 113 Å². The Morgan fingerprint density at radius 3 is 2.79 bits per heavy atom. The van der Waals surface area contributed by atoms with E-state index in [-0.39, 0.29) is 23.2 Å². The molecule has 0 saturated carbocycles. The van der Waals surface area contributed by atoms with Gasteiger partial charge in [0.2, 0.25) is 5.91 Å². The van der Waals surface area contributed by atoms with Gasteiger partial charge in [0.1, 0.15) is 10.8 Å². The zero-order chi connectivity index (χ0) is 13.7. The fourth-order valence-electron chi connectivity index (χ4n) is 1.33. The number of carbonyl (C=O) groups excluding carboxylic acids is 1. The number of rotatable bonds is 4. The van der Waals surface area contributed by atoms with Gasteiger partial charge in [0.05, 0.1) is 11.4 Å². The first-order valence-corrected chi connectivity index (χ1v) is 6.39. The Hall–Kier alpha value is -2.15. The van der Waals surface area contributed by atoms with Gasteiger partial charge in [-0.25, -0.2) is 14.4 Å². The highest BCUT2D eigenvalue weighted by Crippen LogP contribution is 2.20. The molecule has 0 spiro atoms. The summed E-state index contributed by atoms with van der Waals surface area (Å²) in [5.74, 6) is -0.455. The first kappa shape index (κ1) is 13.3. The van der Waals surface area contributed by atoms with E-state index in [1.165, 1.54) is 24.5 Å². The number of nitrogen functional groups attached to an aromatic ring is 1. The highest BCUT2D eigenvalue weighted by molar-refractivity contribution is 8.00. The summed E-state index contributed by atoms with van der Waals surface area (Å²) in [4.78, 5) is 19.5. The number of thioether (sulfide) groups is 1. The number of amides is 1. The molecular weight excluding hydrogens is 267 g/mol. The number of para-hydroxylation sites is 1. The largest absolute Gasteiger partial charge is 0.381 e. The average Bonchev–Trinajstić information content (AvgIpc) is 2.40. The Balaban J connectivity index is 1.92. The Morgan fingerprint density at radius 2 is 2.05 bits per heavy atom. The lowest BCUT2D eigenvalue weighted by atomic mass is 10.3. The number of hydrogen-bond donors (Lipinski definition) is 2. The molecule has 0 atom stereocenters. The first-order valence-electron chi connectivity index (χ1n) is 5.40. The van der Waals surface area contributed by atoms with Gasteiger partial charge in [0, 0.05) is 12.4 Å². The lowest BCUT2D eigenvalue weighted by Gasteiger charge is -2.06. The number of nitrogens with two attached hydrogens (primary N) is 1. The summed E-state index contributed by atoms with van der Waals surface area (Å²) >= 11 is 1.15. The second kappa shape index (κ2) is 6.14. The molecular formula is C12H11FN4OS. The van der Waals surface area contributed by atoms with E-state index in [1.807, 2.05) is 0 Å². The van der Waals surface area contributed by atoms with Crippen LogP contribution in [0.3, 0.4) is 0 Å². The molecule has 0 saturated heterocycles. The van der Waals surface area contributed by atoms with Gasteiger partial charge in [-0.2, -0.15) is 0 Å². The number of benzene rings is 1. The molecule has 0 unspecified atom stereocenters. The molecule has 0 aliphatic carbocycles. The minimum atomic E-state index is -0.472. The summed E-state index contributed by atoms with van der Waals surface area (Å²) in [6, 6.07) is 5.98. The smallest absolute Gasteiger partial charge is 0.234 e. The van der Waals surface area contributed by atoms with Crippen LogP contribution in [0.5, 0.6) is 0 Å². The molecule has 19 heavy (non-hydrogen) atoms. The fraction of sp³-hybridized carbons (Fsp3) is 0.0833. The first-order chi connectivity index (χ1) is 9.16. The number of carbonyl (C=O) groups is 1. The standard InChI is InChI=1S/C12H11FN4OS/c13-8-3-1-2-4-9(8)17-10(18)7-19-12-11(14)15-5-6-16-12/h1-6H,7H2,(H2,14,15)(H,17,18). The van der Waals surface area contributed by atoms with Crippen LogP contribution >= 0.6 is 11.8 Å². The number of aromatic nitrogens is 2. The van der Waals surface area contributed by atoms with E-state index in [4.69, 9.17) is 5.73 Å². The fourth-order valence-corrected chi connectivity index (χ4v) is 2.01. The Morgan fingerprint density at radius 1 is 1.32 bits per heavy atom. The molecule has 3 N–H and O–H groups in total. The van der Waals surface area contributed by atoms with Crippen molar-refractivity contribution < 1.29 is 9.18 Å². The van der Waals surface area contributed by atoms with Crippen molar-refractivity contribution in [2.45, 2.75) is 5.03 Å². The molecule has 1 aromatic carbocycles. The van der Waals surface area contributed by atoms with Crippen LogP contribution in [-0.2, 0) is 4.79 Å². The lowest BCUT2D eigenvalue weighted by Crippen LogP contribution is -2.15. The van der Waals surface area contributed by atoms with Gasteiger partial charge in [0.15, 0.2) is 5.82 Å². The summed E-state index contributed by atoms with van der Waals surface area (Å²) < 4.78 is 13.3. The minimum Gasteiger partial charge on any atom is -0.381 e. The van der Waals surface area contributed by atoms with Gasteiger partial charge in [-0.15, -0.1) is 0 Å². The van der Waals surface area contributed by atoms with E-state index >= 15 is 0 Å². The van der Waals surface area contributed by atoms with Gasteiger partial charge in [0.25, 0.3) is 0 Å². The van der Waals surface area contributed by atoms with Crippen LogP contribution in [0.1, 0.15) is 0 Å². The van der Waals surface area contributed by atoms with Crippen LogP contribution < -0.4 is 11.1 Å². The number of nitrogens with zero attached hydrogens (tertiary/aromatic N) is 2. The van der Waals surface area contributed by atoms with E-state index in [9.17, 15) is 9.18 Å². The van der Waals surface area contributed by atoms with Crippen LogP contribution in [0.2, 0.25) is 0 Å². The van der Waals surface area contributed by atoms with Crippen LogP contribution in [0.4, 0.5) is 15.9 Å². The average molecular weight is 278 g/mol. The van der Waals surface area contributed by atoms with Crippen molar-refractivity contribution in [1.29, 1.82) is 0 Å². The summed E-state index contributed by atoms with van der Waals surface area (Å²) in [5.41, 5.74) is 5.75. The molecule has 5 nitrogen and oxygen atoms in total. The van der Waals surface area contributed by atoms with Gasteiger partial charge in [-0.1, -0.05) is 23.9 Å². The Bertz CT molecular complexity index is 593. The van der Waals surface area contributed by atoms with Gasteiger partial charge >= 0.3 is 0 Å². The van der Waals surface area contributed by atoms with Gasteiger partial charge in [-0.3, -0.25) is 4.79 Å². The minimum absolute atomic E-state index is 0.0806. The molecule has 1 amide bonds. The van der Waals surface area contributed by atoms with E-state index in [1.54, 1.807) is 12.1 Å². The molecule has 1 heterocycles. The maximum Gasteiger partial charge on any atom is 0.234 e. The maximum absolute atomic E-state index is 13.3. The molecule has 0 bridgehead atoms. The number of hydrogen-bond acceptors (Lipinski definition) is 5. The molecule has 7 heteroatoms. The number of nitrogens with one attached hydrogen (secondary N) is 1. The molecule has 1 aromatic heterocycles. The molecule has 0 radical (unpaired) electrons. The molecule has 0 fully saturated rings. The van der Waals surface area contributed by atoms with E-state index in [0.717, 1.165) is 11.8 Å². The van der Waals surface area contributed by atoms with Crippen molar-refractivity contribution in [3.05, 3.63) is 42.5 Å². The second-order valence-corrected chi connectivity index (χ2v) is 4.53. The summed E-state index contributed by atoms with van der Waals surface area (Å²) in [6.45, 7) is 0. The Kier molecular flexibility index (Phi) is 4.30. The SMILES string of the molecule is Nc1nccnc1SCC(=O)Nc1ccccc1F. The van der Waals surface area contributed by atoms with Crippen LogP contribution in [0.15, 0.2) is 41.7 Å². The van der Waals surface area contributed by atoms with Crippen molar-refractivity contribution in [1.82, 2.24) is 9.97 Å². The third-order valence-corrected chi connectivity index (χ3v) is 3.17. The lowest BCUT2D eigenvalue weighted by molar-refractivity contribution is -0.113. The molecule has 98 valence electrons. The number of halogens is 1. The predicted octanol–water partition coefficient (Wildman–Crippen LogP) is 1.93. The van der Waals surface area contributed by atoms with Gasteiger partial charge < -0.3 is 11.1 Å². The van der Waals surface area contributed by atoms with E-state index < -0.39 is 5.82 Å². The third-order valence-electron chi connectivity index (χ3n) is 2.18. The highest BCUT2D eigenvalue weighted by atomic mass is 32.2. The van der Waals surface area contributed by atoms with Gasteiger partial charge in [-0.05, 0) is 12.1 Å². The van der Waals surface area contributed by atoms with Crippen molar-refractivity contribution in [2.24, 2.45) is 0 Å². The van der Waals surface area contributed by atoms with Crippen molar-refractivity contribution >= 4 is 29.2 Å². The van der Waals surface area contributed by atoms with Crippen molar-refractivity contribution in [3.63, 3.8) is 0 Å². The predicted molar refractivity (Wildman–Crippen MR) is 72.2 cm³/mol. The molecule has 2 aromatic rings. The summed E-state index contributed by atoms with van der Waals surface area (Å²) in [7, 11) is 0.